The molecule has 4 amide bonds. The zero-order valence-corrected chi connectivity index (χ0v) is 29.3. The lowest BCUT2D eigenvalue weighted by molar-refractivity contribution is -0.155. The summed E-state index contributed by atoms with van der Waals surface area (Å²) < 4.78 is 15.8. The van der Waals surface area contributed by atoms with Crippen LogP contribution in [-0.2, 0) is 51.2 Å². The van der Waals surface area contributed by atoms with Gasteiger partial charge in [0.1, 0.15) is 24.3 Å². The molecule has 1 saturated heterocycles. The number of hydrogen-bond acceptors (Lipinski definition) is 9. The lowest BCUT2D eigenvalue weighted by Gasteiger charge is -2.27. The van der Waals surface area contributed by atoms with Crippen LogP contribution in [0.1, 0.15) is 77.3 Å². The predicted molar refractivity (Wildman–Crippen MR) is 184 cm³/mol. The highest BCUT2D eigenvalue weighted by molar-refractivity contribution is 5.92. The number of nitrogens with one attached hydrogen (secondary N) is 4. The molecular formula is C37H50N4O9. The lowest BCUT2D eigenvalue weighted by atomic mass is 9.94. The van der Waals surface area contributed by atoms with Crippen LogP contribution in [0.25, 0.3) is 0 Å². The van der Waals surface area contributed by atoms with E-state index in [0.29, 0.717) is 19.4 Å². The maximum Gasteiger partial charge on any atom is 0.408 e. The van der Waals surface area contributed by atoms with E-state index in [1.807, 2.05) is 24.3 Å². The number of ether oxygens (including phenoxy) is 3. The summed E-state index contributed by atoms with van der Waals surface area (Å²) in [5.74, 6) is -2.68. The molecule has 272 valence electrons. The van der Waals surface area contributed by atoms with Gasteiger partial charge < -0.3 is 35.5 Å². The van der Waals surface area contributed by atoms with Gasteiger partial charge in [-0.25, -0.2) is 4.79 Å². The Balaban J connectivity index is 1.79. The zero-order chi connectivity index (χ0) is 36.5. The molecule has 50 heavy (non-hydrogen) atoms. The van der Waals surface area contributed by atoms with Crippen LogP contribution in [0, 0.1) is 5.92 Å². The van der Waals surface area contributed by atoms with Gasteiger partial charge in [0, 0.05) is 37.8 Å². The molecule has 0 aromatic heterocycles. The van der Waals surface area contributed by atoms with E-state index in [4.69, 9.17) is 14.2 Å². The van der Waals surface area contributed by atoms with E-state index >= 15 is 0 Å². The summed E-state index contributed by atoms with van der Waals surface area (Å²) in [7, 11) is 0. The summed E-state index contributed by atoms with van der Waals surface area (Å²) in [4.78, 5) is 77.7. The molecule has 4 atom stereocenters. The molecule has 1 fully saturated rings. The lowest BCUT2D eigenvalue weighted by Crippen LogP contribution is -2.56. The Bertz CT molecular complexity index is 1430. The molecule has 1 aliphatic rings. The van der Waals surface area contributed by atoms with E-state index in [1.165, 1.54) is 0 Å². The van der Waals surface area contributed by atoms with E-state index in [9.17, 15) is 28.8 Å². The minimum absolute atomic E-state index is 0.0323. The topological polar surface area (TPSA) is 178 Å². The van der Waals surface area contributed by atoms with Crippen molar-refractivity contribution in [2.75, 3.05) is 13.2 Å². The fourth-order valence-electron chi connectivity index (χ4n) is 5.45. The van der Waals surface area contributed by atoms with E-state index < -0.39 is 53.6 Å². The van der Waals surface area contributed by atoms with Crippen molar-refractivity contribution in [3.05, 3.63) is 71.8 Å². The van der Waals surface area contributed by atoms with Crippen molar-refractivity contribution < 1.29 is 43.0 Å². The molecular weight excluding hydrogens is 644 g/mol. The summed E-state index contributed by atoms with van der Waals surface area (Å²) in [6.45, 7) is 7.57. The number of benzene rings is 2. The second-order valence-corrected chi connectivity index (χ2v) is 13.2. The average molecular weight is 695 g/mol. The summed E-state index contributed by atoms with van der Waals surface area (Å²) in [5, 5.41) is 11.1. The molecule has 3 rings (SSSR count). The van der Waals surface area contributed by atoms with Crippen molar-refractivity contribution in [2.24, 2.45) is 5.92 Å². The number of alkyl carbamates (subject to hydrolysis) is 1. The first-order valence-corrected chi connectivity index (χ1v) is 17.1. The minimum atomic E-state index is -1.25. The molecule has 13 nitrogen and oxygen atoms in total. The van der Waals surface area contributed by atoms with Gasteiger partial charge in [0.25, 0.3) is 0 Å². The summed E-state index contributed by atoms with van der Waals surface area (Å²) in [5.41, 5.74) is 0.745. The molecule has 0 radical (unpaired) electrons. The molecule has 0 bridgehead atoms. The van der Waals surface area contributed by atoms with Crippen molar-refractivity contribution >= 4 is 35.8 Å². The van der Waals surface area contributed by atoms with Gasteiger partial charge in [0.2, 0.25) is 17.7 Å². The van der Waals surface area contributed by atoms with Crippen LogP contribution in [-0.4, -0.2) is 72.6 Å². The fraction of sp³-hybridized carbons (Fsp3) is 0.514. The number of esters is 2. The van der Waals surface area contributed by atoms with Crippen LogP contribution in [0.15, 0.2) is 60.7 Å². The third kappa shape index (κ3) is 14.7. The molecule has 2 aromatic carbocycles. The Morgan fingerprint density at radius 3 is 2.02 bits per heavy atom. The summed E-state index contributed by atoms with van der Waals surface area (Å²) in [6, 6.07) is 15.1. The average Bonchev–Trinajstić information content (AvgIpc) is 3.48. The predicted octanol–water partition coefficient (Wildman–Crippen LogP) is 3.49. The molecule has 1 aliphatic heterocycles. The van der Waals surface area contributed by atoms with Crippen LogP contribution in [0.4, 0.5) is 4.79 Å². The molecule has 1 heterocycles. The molecule has 0 aliphatic carbocycles. The van der Waals surface area contributed by atoms with Crippen LogP contribution in [0.5, 0.6) is 0 Å². The Hall–Kier alpha value is -4.94. The SMILES string of the molecule is CCOC(=O)CCC(CC1CCNC1=O)NC(=O)C(Cc1ccccc1)NC(=O)C(CCC(=O)OC(C)(C)C)NC(=O)OCc1ccccc1. The van der Waals surface area contributed by atoms with Crippen molar-refractivity contribution in [1.82, 2.24) is 21.3 Å². The monoisotopic (exact) mass is 694 g/mol. The molecule has 2 aromatic rings. The van der Waals surface area contributed by atoms with E-state index in [-0.39, 0.29) is 57.1 Å². The molecule has 0 saturated carbocycles. The van der Waals surface area contributed by atoms with E-state index in [0.717, 1.165) is 11.1 Å². The van der Waals surface area contributed by atoms with Crippen LogP contribution >= 0.6 is 0 Å². The van der Waals surface area contributed by atoms with Gasteiger partial charge in [-0.2, -0.15) is 0 Å². The van der Waals surface area contributed by atoms with Crippen LogP contribution < -0.4 is 21.3 Å². The van der Waals surface area contributed by atoms with Crippen LogP contribution in [0.2, 0.25) is 0 Å². The Morgan fingerprint density at radius 2 is 1.42 bits per heavy atom. The number of amides is 4. The maximum atomic E-state index is 13.9. The summed E-state index contributed by atoms with van der Waals surface area (Å²) in [6.07, 6.45) is 0.0678. The smallest absolute Gasteiger partial charge is 0.408 e. The second kappa shape index (κ2) is 19.9. The van der Waals surface area contributed by atoms with Crippen molar-refractivity contribution in [3.63, 3.8) is 0 Å². The Morgan fingerprint density at radius 1 is 0.800 bits per heavy atom. The van der Waals surface area contributed by atoms with Gasteiger partial charge in [-0.1, -0.05) is 60.7 Å². The first kappa shape index (κ1) is 39.5. The molecule has 0 spiro atoms. The van der Waals surface area contributed by atoms with Gasteiger partial charge in [-0.05, 0) is 64.5 Å². The number of carbonyl (C=O) groups is 6. The third-order valence-electron chi connectivity index (χ3n) is 7.87. The Kier molecular flexibility index (Phi) is 15.7. The van der Waals surface area contributed by atoms with Gasteiger partial charge in [-0.3, -0.25) is 24.0 Å². The fourth-order valence-corrected chi connectivity index (χ4v) is 5.45. The van der Waals surface area contributed by atoms with Crippen molar-refractivity contribution in [2.45, 2.75) is 103 Å². The van der Waals surface area contributed by atoms with Gasteiger partial charge in [0.15, 0.2) is 0 Å². The number of hydrogen-bond donors (Lipinski definition) is 4. The third-order valence-corrected chi connectivity index (χ3v) is 7.87. The second-order valence-electron chi connectivity index (χ2n) is 13.2. The van der Waals surface area contributed by atoms with Crippen molar-refractivity contribution in [1.29, 1.82) is 0 Å². The largest absolute Gasteiger partial charge is 0.466 e. The van der Waals surface area contributed by atoms with Gasteiger partial charge >= 0.3 is 18.0 Å². The zero-order valence-electron chi connectivity index (χ0n) is 29.3. The molecule has 4 unspecified atom stereocenters. The van der Waals surface area contributed by atoms with Crippen molar-refractivity contribution in [3.8, 4) is 0 Å². The standard InChI is InChI=1S/C37H50N4O9/c1-5-48-31(42)18-16-28(23-27-20-21-38-33(27)44)39-35(46)30(22-25-12-8-6-9-13-25)40-34(45)29(17-19-32(43)50-37(2,3)4)41-36(47)49-24-26-14-10-7-11-15-26/h6-15,27-30H,5,16-24H2,1-4H3,(H,38,44)(H,39,46)(H,40,45)(H,41,47). The maximum absolute atomic E-state index is 13.9. The Labute approximate surface area is 293 Å². The molecule has 4 N–H and O–H groups in total. The van der Waals surface area contributed by atoms with Gasteiger partial charge in [0.05, 0.1) is 6.61 Å². The van der Waals surface area contributed by atoms with E-state index in [1.54, 1.807) is 64.1 Å². The normalized spacial score (nSPS) is 15.8. The number of carbonyl (C=O) groups excluding carboxylic acids is 6. The highest BCUT2D eigenvalue weighted by atomic mass is 16.6. The number of rotatable bonds is 18. The first-order valence-electron chi connectivity index (χ1n) is 17.1. The highest BCUT2D eigenvalue weighted by Gasteiger charge is 2.32. The van der Waals surface area contributed by atoms with E-state index in [2.05, 4.69) is 21.3 Å². The first-order chi connectivity index (χ1) is 23.8. The highest BCUT2D eigenvalue weighted by Crippen LogP contribution is 2.19. The van der Waals surface area contributed by atoms with Crippen LogP contribution in [0.3, 0.4) is 0 Å². The minimum Gasteiger partial charge on any atom is -0.466 e. The van der Waals surface area contributed by atoms with Gasteiger partial charge in [-0.15, -0.1) is 0 Å². The quantitative estimate of drug-likeness (QED) is 0.134. The molecule has 13 heteroatoms. The summed E-state index contributed by atoms with van der Waals surface area (Å²) >= 11 is 0.